The summed E-state index contributed by atoms with van der Waals surface area (Å²) in [6.45, 7) is 0. The third-order valence-electron chi connectivity index (χ3n) is 2.26. The maximum atomic E-state index is 11.2. The Morgan fingerprint density at radius 3 is 2.83 bits per heavy atom. The fourth-order valence-electron chi connectivity index (χ4n) is 1.40. The van der Waals surface area contributed by atoms with Crippen LogP contribution >= 0.6 is 11.3 Å². The Hall–Kier alpha value is -2.39. The zero-order valence-electron chi connectivity index (χ0n) is 9.20. The zero-order chi connectivity index (χ0) is 13.0. The first kappa shape index (κ1) is 12.1. The molecular weight excluding hydrogens is 250 g/mol. The number of carboxylic acids is 1. The molecule has 5 nitrogen and oxygen atoms in total. The molecule has 2 heterocycles. The number of carbonyl (C=O) groups is 1. The number of hydrogen-bond acceptors (Lipinski definition) is 5. The Labute approximate surface area is 107 Å². The topological polar surface area (TPSA) is 86.0 Å². The second-order valence-electron chi connectivity index (χ2n) is 3.47. The van der Waals surface area contributed by atoms with Crippen molar-refractivity contribution in [3.05, 3.63) is 46.3 Å². The molecule has 0 aliphatic carbocycles. The lowest BCUT2D eigenvalue weighted by Gasteiger charge is -2.13. The van der Waals surface area contributed by atoms with Gasteiger partial charge in [0, 0.05) is 11.1 Å². The first-order valence-corrected chi connectivity index (χ1v) is 5.97. The fourth-order valence-corrected chi connectivity index (χ4v) is 2.17. The van der Waals surface area contributed by atoms with E-state index in [1.807, 2.05) is 11.4 Å². The van der Waals surface area contributed by atoms with Crippen LogP contribution in [-0.2, 0) is 4.79 Å². The summed E-state index contributed by atoms with van der Waals surface area (Å²) < 4.78 is 0. The molecule has 0 bridgehead atoms. The van der Waals surface area contributed by atoms with E-state index in [1.165, 1.54) is 17.5 Å². The molecule has 0 aliphatic heterocycles. The number of aliphatic carboxylic acids is 1. The van der Waals surface area contributed by atoms with Gasteiger partial charge in [0.25, 0.3) is 0 Å². The standard InChI is InChI=1S/C12H9N3O2S/c13-6-8-3-4-10(14-7-8)15-11(12(16)17)9-2-1-5-18-9/h1-5,7,11H,(H,14,15)(H,16,17). The van der Waals surface area contributed by atoms with Crippen LogP contribution in [0, 0.1) is 11.3 Å². The summed E-state index contributed by atoms with van der Waals surface area (Å²) in [5, 5.41) is 22.5. The molecule has 6 heteroatoms. The highest BCUT2D eigenvalue weighted by Gasteiger charge is 2.20. The molecule has 0 radical (unpaired) electrons. The van der Waals surface area contributed by atoms with Crippen LogP contribution in [0.25, 0.3) is 0 Å². The molecule has 0 fully saturated rings. The first-order chi connectivity index (χ1) is 8.70. The van der Waals surface area contributed by atoms with Gasteiger partial charge in [0.05, 0.1) is 5.56 Å². The predicted molar refractivity (Wildman–Crippen MR) is 67.3 cm³/mol. The van der Waals surface area contributed by atoms with Crippen molar-refractivity contribution in [1.82, 2.24) is 4.98 Å². The Morgan fingerprint density at radius 2 is 2.33 bits per heavy atom. The van der Waals surface area contributed by atoms with E-state index in [4.69, 9.17) is 5.26 Å². The predicted octanol–water partition coefficient (Wildman–Crippen LogP) is 2.25. The van der Waals surface area contributed by atoms with Gasteiger partial charge in [0.15, 0.2) is 6.04 Å². The highest BCUT2D eigenvalue weighted by molar-refractivity contribution is 7.10. The lowest BCUT2D eigenvalue weighted by atomic mass is 10.2. The SMILES string of the molecule is N#Cc1ccc(NC(C(=O)O)c2cccs2)nc1. The molecule has 0 spiro atoms. The van der Waals surface area contributed by atoms with Gasteiger partial charge < -0.3 is 10.4 Å². The van der Waals surface area contributed by atoms with Gasteiger partial charge in [0.2, 0.25) is 0 Å². The summed E-state index contributed by atoms with van der Waals surface area (Å²) in [6, 6.07) is 7.84. The van der Waals surface area contributed by atoms with Crippen LogP contribution in [0.5, 0.6) is 0 Å². The van der Waals surface area contributed by atoms with Crippen molar-refractivity contribution in [3.63, 3.8) is 0 Å². The van der Waals surface area contributed by atoms with Gasteiger partial charge in [0.1, 0.15) is 11.9 Å². The molecule has 2 N–H and O–H groups in total. The van der Waals surface area contributed by atoms with Crippen molar-refractivity contribution in [3.8, 4) is 6.07 Å². The van der Waals surface area contributed by atoms with Crippen molar-refractivity contribution in [2.24, 2.45) is 0 Å². The second-order valence-corrected chi connectivity index (χ2v) is 4.45. The maximum absolute atomic E-state index is 11.2. The number of nitriles is 1. The first-order valence-electron chi connectivity index (χ1n) is 5.09. The van der Waals surface area contributed by atoms with E-state index >= 15 is 0 Å². The molecule has 1 atom stereocenters. The summed E-state index contributed by atoms with van der Waals surface area (Å²) in [6.07, 6.45) is 1.40. The highest BCUT2D eigenvalue weighted by atomic mass is 32.1. The van der Waals surface area contributed by atoms with Crippen molar-refractivity contribution >= 4 is 23.1 Å². The van der Waals surface area contributed by atoms with Crippen LogP contribution in [0.4, 0.5) is 5.82 Å². The zero-order valence-corrected chi connectivity index (χ0v) is 10.0. The summed E-state index contributed by atoms with van der Waals surface area (Å²) >= 11 is 1.36. The summed E-state index contributed by atoms with van der Waals surface area (Å²) in [4.78, 5) is 15.9. The van der Waals surface area contributed by atoms with E-state index in [1.54, 1.807) is 24.3 Å². The van der Waals surface area contributed by atoms with Crippen LogP contribution in [0.15, 0.2) is 35.8 Å². The molecule has 90 valence electrons. The number of anilines is 1. The van der Waals surface area contributed by atoms with Crippen LogP contribution in [0.3, 0.4) is 0 Å². The van der Waals surface area contributed by atoms with E-state index in [9.17, 15) is 9.90 Å². The van der Waals surface area contributed by atoms with Gasteiger partial charge in [-0.1, -0.05) is 6.07 Å². The van der Waals surface area contributed by atoms with Crippen molar-refractivity contribution < 1.29 is 9.90 Å². The van der Waals surface area contributed by atoms with Gasteiger partial charge in [-0.2, -0.15) is 5.26 Å². The molecule has 0 saturated heterocycles. The van der Waals surface area contributed by atoms with Crippen molar-refractivity contribution in [1.29, 1.82) is 5.26 Å². The molecule has 18 heavy (non-hydrogen) atoms. The van der Waals surface area contributed by atoms with Crippen molar-refractivity contribution in [2.75, 3.05) is 5.32 Å². The minimum Gasteiger partial charge on any atom is -0.479 e. The number of aromatic nitrogens is 1. The van der Waals surface area contributed by atoms with Gasteiger partial charge in [-0.15, -0.1) is 11.3 Å². The molecule has 0 amide bonds. The third kappa shape index (κ3) is 2.64. The molecule has 0 aromatic carbocycles. The fraction of sp³-hybridized carbons (Fsp3) is 0.0833. The molecule has 0 saturated carbocycles. The quantitative estimate of drug-likeness (QED) is 0.879. The van der Waals surface area contributed by atoms with Gasteiger partial charge in [-0.05, 0) is 23.6 Å². The Balaban J connectivity index is 2.19. The molecule has 2 rings (SSSR count). The molecular formula is C12H9N3O2S. The van der Waals surface area contributed by atoms with Crippen LogP contribution in [0.2, 0.25) is 0 Å². The van der Waals surface area contributed by atoms with E-state index in [2.05, 4.69) is 10.3 Å². The third-order valence-corrected chi connectivity index (χ3v) is 3.20. The Bertz CT molecular complexity index is 572. The van der Waals surface area contributed by atoms with Crippen molar-refractivity contribution in [2.45, 2.75) is 6.04 Å². The van der Waals surface area contributed by atoms with Crippen LogP contribution in [0.1, 0.15) is 16.5 Å². The monoisotopic (exact) mass is 259 g/mol. The molecule has 1 unspecified atom stereocenters. The lowest BCUT2D eigenvalue weighted by molar-refractivity contribution is -0.138. The normalized spacial score (nSPS) is 11.5. The van der Waals surface area contributed by atoms with Gasteiger partial charge in [-0.3, -0.25) is 0 Å². The van der Waals surface area contributed by atoms with E-state index in [0.29, 0.717) is 16.3 Å². The summed E-state index contributed by atoms with van der Waals surface area (Å²) in [5.41, 5.74) is 0.434. The molecule has 0 aliphatic rings. The van der Waals surface area contributed by atoms with Crippen LogP contribution in [-0.4, -0.2) is 16.1 Å². The largest absolute Gasteiger partial charge is 0.479 e. The molecule has 2 aromatic heterocycles. The highest BCUT2D eigenvalue weighted by Crippen LogP contribution is 2.23. The number of rotatable bonds is 4. The average Bonchev–Trinajstić information content (AvgIpc) is 2.90. The minimum absolute atomic E-state index is 0.426. The number of pyridine rings is 1. The smallest absolute Gasteiger partial charge is 0.331 e. The lowest BCUT2D eigenvalue weighted by Crippen LogP contribution is -2.19. The summed E-state index contributed by atoms with van der Waals surface area (Å²) in [7, 11) is 0. The number of carboxylic acid groups (broad SMARTS) is 1. The number of thiophene rings is 1. The number of nitrogens with one attached hydrogen (secondary N) is 1. The maximum Gasteiger partial charge on any atom is 0.331 e. The Morgan fingerprint density at radius 1 is 1.50 bits per heavy atom. The van der Waals surface area contributed by atoms with Gasteiger partial charge >= 0.3 is 5.97 Å². The average molecular weight is 259 g/mol. The summed E-state index contributed by atoms with van der Waals surface area (Å²) in [5.74, 6) is -0.543. The molecule has 2 aromatic rings. The Kier molecular flexibility index (Phi) is 3.55. The number of hydrogen-bond donors (Lipinski definition) is 2. The van der Waals surface area contributed by atoms with Crippen LogP contribution < -0.4 is 5.32 Å². The second kappa shape index (κ2) is 5.29. The minimum atomic E-state index is -0.969. The van der Waals surface area contributed by atoms with Gasteiger partial charge in [-0.25, -0.2) is 9.78 Å². The van der Waals surface area contributed by atoms with E-state index in [-0.39, 0.29) is 0 Å². The van der Waals surface area contributed by atoms with E-state index < -0.39 is 12.0 Å². The number of nitrogens with zero attached hydrogens (tertiary/aromatic N) is 2. The van der Waals surface area contributed by atoms with E-state index in [0.717, 1.165) is 0 Å².